The summed E-state index contributed by atoms with van der Waals surface area (Å²) in [6.45, 7) is 11.3. The predicted molar refractivity (Wildman–Crippen MR) is 163 cm³/mol. The number of anilines is 3. The van der Waals surface area contributed by atoms with E-state index in [1.165, 1.54) is 37.7 Å². The lowest BCUT2D eigenvalue weighted by Gasteiger charge is -2.41. The predicted octanol–water partition coefficient (Wildman–Crippen LogP) is 4.36. The van der Waals surface area contributed by atoms with Crippen LogP contribution < -0.4 is 15.5 Å². The van der Waals surface area contributed by atoms with Crippen LogP contribution in [0.25, 0.3) is 0 Å². The summed E-state index contributed by atoms with van der Waals surface area (Å²) in [6, 6.07) is 5.16. The fourth-order valence-corrected chi connectivity index (χ4v) is 7.01. The summed E-state index contributed by atoms with van der Waals surface area (Å²) in [6.07, 6.45) is 9.36. The average molecular weight is 580 g/mol. The molecule has 1 aromatic heterocycles. The summed E-state index contributed by atoms with van der Waals surface area (Å²) in [7, 11) is 0. The number of nitrogens with one attached hydrogen (secondary N) is 2. The molecule has 228 valence electrons. The average Bonchev–Trinajstić information content (AvgIpc) is 3.19. The van der Waals surface area contributed by atoms with Crippen LogP contribution in [0.15, 0.2) is 30.7 Å². The molecule has 3 unspecified atom stereocenters. The molecule has 3 heterocycles. The molecule has 9 nitrogen and oxygen atoms in total. The standard InChI is InChI=1S/C32H46FN7O2/c1-5-39(21(3)4)29(41)15-24-13-25(33)11-12-27(24)40(6-2)28-17-34-20-36-31(28)35-16-22-18-38(19-22)32(42)30-23-9-7-8-10-26(14-23)37-30/h11-13,17,20-23,26,30,37H,5-10,14-16,18-19H2,1-4H3,(H,34,35,36). The summed E-state index contributed by atoms with van der Waals surface area (Å²) in [5, 5.41) is 7.11. The second-order valence-corrected chi connectivity index (χ2v) is 12.3. The van der Waals surface area contributed by atoms with Crippen LogP contribution in [0.2, 0.25) is 0 Å². The van der Waals surface area contributed by atoms with Crippen LogP contribution in [-0.4, -0.2) is 82.4 Å². The van der Waals surface area contributed by atoms with Gasteiger partial charge in [0.1, 0.15) is 17.8 Å². The molecule has 1 aliphatic carbocycles. The third kappa shape index (κ3) is 6.53. The van der Waals surface area contributed by atoms with Crippen molar-refractivity contribution in [3.63, 3.8) is 0 Å². The lowest BCUT2D eigenvalue weighted by molar-refractivity contribution is -0.140. The molecule has 3 aliphatic rings. The molecule has 0 radical (unpaired) electrons. The Hall–Kier alpha value is -3.27. The van der Waals surface area contributed by atoms with Gasteiger partial charge in [-0.2, -0.15) is 0 Å². The smallest absolute Gasteiger partial charge is 0.240 e. The zero-order valence-electron chi connectivity index (χ0n) is 25.5. The van der Waals surface area contributed by atoms with Crippen LogP contribution in [0.1, 0.15) is 65.4 Å². The Kier molecular flexibility index (Phi) is 9.60. The molecule has 2 bridgehead atoms. The Bertz CT molecular complexity index is 1250. The Morgan fingerprint density at radius 2 is 1.93 bits per heavy atom. The summed E-state index contributed by atoms with van der Waals surface area (Å²) < 4.78 is 14.4. The first-order valence-corrected chi connectivity index (χ1v) is 15.7. The van der Waals surface area contributed by atoms with Crippen LogP contribution in [0, 0.1) is 17.7 Å². The highest BCUT2D eigenvalue weighted by Crippen LogP contribution is 2.35. The van der Waals surface area contributed by atoms with Gasteiger partial charge in [-0.1, -0.05) is 12.8 Å². The highest BCUT2D eigenvalue weighted by atomic mass is 19.1. The molecule has 42 heavy (non-hydrogen) atoms. The van der Waals surface area contributed by atoms with E-state index in [1.54, 1.807) is 17.2 Å². The maximum atomic E-state index is 14.4. The van der Waals surface area contributed by atoms with Gasteiger partial charge in [-0.05, 0) is 76.6 Å². The van der Waals surface area contributed by atoms with Crippen molar-refractivity contribution in [2.75, 3.05) is 42.9 Å². The summed E-state index contributed by atoms with van der Waals surface area (Å²) in [4.78, 5) is 41.0. The summed E-state index contributed by atoms with van der Waals surface area (Å²) in [5.41, 5.74) is 2.15. The minimum absolute atomic E-state index is 0.0162. The van der Waals surface area contributed by atoms with Crippen molar-refractivity contribution in [3.8, 4) is 0 Å². The van der Waals surface area contributed by atoms with Crippen molar-refractivity contribution in [1.29, 1.82) is 0 Å². The number of fused-ring (bicyclic) bond motifs is 2. The maximum absolute atomic E-state index is 14.4. The minimum Gasteiger partial charge on any atom is -0.368 e. The number of rotatable bonds is 11. The Labute approximate surface area is 249 Å². The van der Waals surface area contributed by atoms with Gasteiger partial charge < -0.3 is 25.3 Å². The quantitative estimate of drug-likeness (QED) is 0.409. The fourth-order valence-electron chi connectivity index (χ4n) is 7.01. The lowest BCUT2D eigenvalue weighted by atomic mass is 9.92. The SMILES string of the molecule is CCN(c1ccc(F)cc1CC(=O)N(CC)C(C)C)c1cncnc1NCC1CN(C(=O)C2NC3CCCCC2C3)C1. The summed E-state index contributed by atoms with van der Waals surface area (Å²) >= 11 is 0. The first-order valence-electron chi connectivity index (χ1n) is 15.7. The molecule has 0 spiro atoms. The Morgan fingerprint density at radius 3 is 2.67 bits per heavy atom. The lowest BCUT2D eigenvalue weighted by Crippen LogP contribution is -2.58. The molecule has 3 atom stereocenters. The normalized spacial score (nSPS) is 22.0. The highest BCUT2D eigenvalue weighted by molar-refractivity contribution is 5.84. The van der Waals surface area contributed by atoms with Gasteiger partial charge in [-0.25, -0.2) is 14.4 Å². The van der Waals surface area contributed by atoms with Crippen molar-refractivity contribution in [1.82, 2.24) is 25.1 Å². The van der Waals surface area contributed by atoms with Gasteiger partial charge in [0.15, 0.2) is 5.82 Å². The van der Waals surface area contributed by atoms with Crippen molar-refractivity contribution in [2.45, 2.75) is 84.3 Å². The van der Waals surface area contributed by atoms with E-state index in [-0.39, 0.29) is 36.1 Å². The molecule has 2 aromatic rings. The fraction of sp³-hybridized carbons (Fsp3) is 0.625. The zero-order valence-corrected chi connectivity index (χ0v) is 25.5. The van der Waals surface area contributed by atoms with Gasteiger partial charge in [0.25, 0.3) is 0 Å². The van der Waals surface area contributed by atoms with Crippen LogP contribution in [0.3, 0.4) is 0 Å². The van der Waals surface area contributed by atoms with E-state index < -0.39 is 0 Å². The number of likely N-dealkylation sites (N-methyl/N-ethyl adjacent to an activating group) is 1. The first-order chi connectivity index (χ1) is 20.3. The van der Waals surface area contributed by atoms with E-state index in [0.29, 0.717) is 48.9 Å². The molecule has 3 fully saturated rings. The second-order valence-electron chi connectivity index (χ2n) is 12.3. The van der Waals surface area contributed by atoms with Crippen molar-refractivity contribution in [2.24, 2.45) is 11.8 Å². The third-order valence-corrected chi connectivity index (χ3v) is 9.20. The van der Waals surface area contributed by atoms with Crippen molar-refractivity contribution < 1.29 is 14.0 Å². The monoisotopic (exact) mass is 579 g/mol. The molecular formula is C32H46FN7O2. The topological polar surface area (TPSA) is 93.7 Å². The Morgan fingerprint density at radius 1 is 1.14 bits per heavy atom. The van der Waals surface area contributed by atoms with Gasteiger partial charge in [-0.15, -0.1) is 0 Å². The van der Waals surface area contributed by atoms with Crippen molar-refractivity contribution in [3.05, 3.63) is 42.1 Å². The zero-order chi connectivity index (χ0) is 29.8. The van der Waals surface area contributed by atoms with E-state index >= 15 is 0 Å². The van der Waals surface area contributed by atoms with Gasteiger partial charge in [0.05, 0.1) is 18.7 Å². The molecule has 5 rings (SSSR count). The van der Waals surface area contributed by atoms with Gasteiger partial charge in [0, 0.05) is 56.4 Å². The second kappa shape index (κ2) is 13.4. The van der Waals surface area contributed by atoms with E-state index in [2.05, 4.69) is 20.6 Å². The third-order valence-electron chi connectivity index (χ3n) is 9.20. The molecule has 1 aromatic carbocycles. The van der Waals surface area contributed by atoms with E-state index in [1.807, 2.05) is 37.5 Å². The largest absolute Gasteiger partial charge is 0.368 e. The Balaban J connectivity index is 1.24. The molecule has 1 saturated carbocycles. The van der Waals surface area contributed by atoms with Gasteiger partial charge in [-0.3, -0.25) is 9.59 Å². The van der Waals surface area contributed by atoms with E-state index in [0.717, 1.165) is 37.3 Å². The van der Waals surface area contributed by atoms with Crippen LogP contribution in [0.4, 0.5) is 21.6 Å². The summed E-state index contributed by atoms with van der Waals surface area (Å²) in [5.74, 6) is 1.35. The molecule has 2 saturated heterocycles. The van der Waals surface area contributed by atoms with Gasteiger partial charge >= 0.3 is 0 Å². The van der Waals surface area contributed by atoms with E-state index in [4.69, 9.17) is 0 Å². The number of halogens is 1. The first kappa shape index (κ1) is 30.2. The number of hydrogen-bond acceptors (Lipinski definition) is 7. The van der Waals surface area contributed by atoms with Crippen LogP contribution in [0.5, 0.6) is 0 Å². The van der Waals surface area contributed by atoms with Crippen molar-refractivity contribution >= 4 is 29.0 Å². The van der Waals surface area contributed by atoms with Crippen LogP contribution >= 0.6 is 0 Å². The molecular weight excluding hydrogens is 533 g/mol. The maximum Gasteiger partial charge on any atom is 0.240 e. The number of hydrogen-bond donors (Lipinski definition) is 2. The number of aromatic nitrogens is 2. The number of nitrogens with zero attached hydrogens (tertiary/aromatic N) is 5. The van der Waals surface area contributed by atoms with Gasteiger partial charge in [0.2, 0.25) is 11.8 Å². The number of carbonyl (C=O) groups is 2. The molecule has 10 heteroatoms. The van der Waals surface area contributed by atoms with Crippen LogP contribution in [-0.2, 0) is 16.0 Å². The number of benzene rings is 1. The minimum atomic E-state index is -0.372. The number of carbonyl (C=O) groups excluding carboxylic acids is 2. The molecule has 2 N–H and O–H groups in total. The molecule has 2 aliphatic heterocycles. The van der Waals surface area contributed by atoms with E-state index in [9.17, 15) is 14.0 Å². The number of amides is 2. The highest BCUT2D eigenvalue weighted by Gasteiger charge is 2.43. The molecule has 2 amide bonds. The number of likely N-dealkylation sites (tertiary alicyclic amines) is 1.